The first-order valence-corrected chi connectivity index (χ1v) is 6.83. The van der Waals surface area contributed by atoms with Crippen LogP contribution in [0.3, 0.4) is 0 Å². The highest BCUT2D eigenvalue weighted by atomic mass is 79.9. The van der Waals surface area contributed by atoms with Crippen molar-refractivity contribution in [2.45, 2.75) is 33.6 Å². The molecule has 2 heterocycles. The molecule has 2 rings (SSSR count). The molecule has 0 amide bonds. The Morgan fingerprint density at radius 3 is 2.44 bits per heavy atom. The Morgan fingerprint density at radius 2 is 1.94 bits per heavy atom. The van der Waals surface area contributed by atoms with Crippen LogP contribution in [-0.2, 0) is 0 Å². The molecule has 0 bridgehead atoms. The zero-order valence-electron chi connectivity index (χ0n) is 10.7. The van der Waals surface area contributed by atoms with Crippen molar-refractivity contribution >= 4 is 27.5 Å². The monoisotopic (exact) mass is 328 g/mol. The maximum Gasteiger partial charge on any atom is 0.161 e. The van der Waals surface area contributed by atoms with Crippen molar-refractivity contribution in [1.82, 2.24) is 19.7 Å². The molecule has 18 heavy (non-hydrogen) atoms. The fourth-order valence-corrected chi connectivity index (χ4v) is 2.45. The van der Waals surface area contributed by atoms with Gasteiger partial charge in [-0.1, -0.05) is 25.4 Å². The molecule has 0 saturated carbocycles. The zero-order valence-corrected chi connectivity index (χ0v) is 13.0. The number of aryl methyl sites for hydroxylation is 1. The normalized spacial score (nSPS) is 11.3. The lowest BCUT2D eigenvalue weighted by Gasteiger charge is -2.13. The molecule has 4 nitrogen and oxygen atoms in total. The maximum atomic E-state index is 6.17. The Hall–Kier alpha value is -0.940. The summed E-state index contributed by atoms with van der Waals surface area (Å²) < 4.78 is 2.80. The number of halogens is 2. The number of hydrogen-bond donors (Lipinski definition) is 0. The van der Waals surface area contributed by atoms with Crippen LogP contribution in [0.2, 0.25) is 5.15 Å². The molecule has 0 aromatic carbocycles. The van der Waals surface area contributed by atoms with E-state index in [4.69, 9.17) is 11.6 Å². The second kappa shape index (κ2) is 4.97. The van der Waals surface area contributed by atoms with E-state index in [9.17, 15) is 0 Å². The third-order valence-corrected chi connectivity index (χ3v) is 4.24. The van der Waals surface area contributed by atoms with Crippen LogP contribution in [-0.4, -0.2) is 19.7 Å². The Bertz CT molecular complexity index is 592. The van der Waals surface area contributed by atoms with Gasteiger partial charge in [-0.3, -0.25) is 0 Å². The van der Waals surface area contributed by atoms with E-state index in [0.29, 0.717) is 5.15 Å². The molecule has 0 aliphatic rings. The van der Waals surface area contributed by atoms with Gasteiger partial charge in [0.25, 0.3) is 0 Å². The van der Waals surface area contributed by atoms with E-state index < -0.39 is 0 Å². The molecule has 0 aliphatic carbocycles. The van der Waals surface area contributed by atoms with Gasteiger partial charge in [-0.25, -0.2) is 14.6 Å². The van der Waals surface area contributed by atoms with Crippen LogP contribution >= 0.6 is 27.5 Å². The highest BCUT2D eigenvalue weighted by molar-refractivity contribution is 9.10. The van der Waals surface area contributed by atoms with Crippen LogP contribution in [0.5, 0.6) is 0 Å². The van der Waals surface area contributed by atoms with Crippen molar-refractivity contribution in [2.75, 3.05) is 0 Å². The van der Waals surface area contributed by atoms with Crippen molar-refractivity contribution < 1.29 is 0 Å². The van der Waals surface area contributed by atoms with Crippen molar-refractivity contribution in [3.63, 3.8) is 0 Å². The molecule has 0 radical (unpaired) electrons. The average molecular weight is 330 g/mol. The minimum atomic E-state index is 0.233. The van der Waals surface area contributed by atoms with Crippen LogP contribution < -0.4 is 0 Å². The zero-order chi connectivity index (χ0) is 13.4. The first kappa shape index (κ1) is 13.5. The predicted octanol–water partition coefficient (Wildman–Crippen LogP) is 3.82. The van der Waals surface area contributed by atoms with E-state index in [-0.39, 0.29) is 5.92 Å². The molecule has 0 unspecified atom stereocenters. The summed E-state index contributed by atoms with van der Waals surface area (Å²) >= 11 is 9.69. The van der Waals surface area contributed by atoms with Gasteiger partial charge in [-0.15, -0.1) is 0 Å². The van der Waals surface area contributed by atoms with E-state index in [2.05, 4.69) is 44.8 Å². The molecule has 96 valence electrons. The van der Waals surface area contributed by atoms with Gasteiger partial charge in [0.15, 0.2) is 5.82 Å². The van der Waals surface area contributed by atoms with Crippen molar-refractivity contribution in [1.29, 1.82) is 0 Å². The minimum absolute atomic E-state index is 0.233. The van der Waals surface area contributed by atoms with Gasteiger partial charge in [0.05, 0.1) is 15.9 Å². The van der Waals surface area contributed by atoms with Crippen molar-refractivity contribution in [3.05, 3.63) is 32.9 Å². The van der Waals surface area contributed by atoms with Crippen LogP contribution in [0.4, 0.5) is 0 Å². The minimum Gasteiger partial charge on any atom is -0.224 e. The summed E-state index contributed by atoms with van der Waals surface area (Å²) in [6.07, 6.45) is 1.47. The average Bonchev–Trinajstić information content (AvgIpc) is 2.56. The van der Waals surface area contributed by atoms with E-state index in [0.717, 1.165) is 27.2 Å². The third-order valence-electron chi connectivity index (χ3n) is 2.80. The third kappa shape index (κ3) is 2.17. The second-order valence-electron chi connectivity index (χ2n) is 4.45. The maximum absolute atomic E-state index is 6.17. The van der Waals surface area contributed by atoms with Crippen molar-refractivity contribution in [2.24, 2.45) is 0 Å². The molecule has 6 heteroatoms. The van der Waals surface area contributed by atoms with E-state index in [1.165, 1.54) is 6.33 Å². The first-order valence-electron chi connectivity index (χ1n) is 5.66. The summed E-state index contributed by atoms with van der Waals surface area (Å²) in [7, 11) is 0. The fourth-order valence-electron chi connectivity index (χ4n) is 1.86. The van der Waals surface area contributed by atoms with Crippen LogP contribution in [0.15, 0.2) is 10.8 Å². The topological polar surface area (TPSA) is 43.6 Å². The standard InChI is InChI=1S/C12H14BrClN4/c1-6(2)9-11(14)15-5-16-12(9)18-8(4)10(13)7(3)17-18/h5-6H,1-4H3. The molecular formula is C12H14BrClN4. The lowest BCUT2D eigenvalue weighted by Crippen LogP contribution is -2.09. The van der Waals surface area contributed by atoms with E-state index in [1.807, 2.05) is 18.5 Å². The molecule has 0 aliphatic heterocycles. The Kier molecular flexibility index (Phi) is 3.73. The van der Waals surface area contributed by atoms with Gasteiger partial charge in [0.1, 0.15) is 11.5 Å². The highest BCUT2D eigenvalue weighted by Crippen LogP contribution is 2.29. The first-order chi connectivity index (χ1) is 8.43. The summed E-state index contributed by atoms with van der Waals surface area (Å²) in [5.41, 5.74) is 2.85. The molecule has 2 aromatic heterocycles. The molecular weight excluding hydrogens is 316 g/mol. The number of nitrogens with zero attached hydrogens (tertiary/aromatic N) is 4. The Balaban J connectivity index is 2.71. The summed E-state index contributed by atoms with van der Waals surface area (Å²) in [5.74, 6) is 0.979. The van der Waals surface area contributed by atoms with Crippen LogP contribution in [0.1, 0.15) is 36.7 Å². The summed E-state index contributed by atoms with van der Waals surface area (Å²) in [4.78, 5) is 8.38. The van der Waals surface area contributed by atoms with Gasteiger partial charge >= 0.3 is 0 Å². The van der Waals surface area contributed by atoms with Gasteiger partial charge in [0.2, 0.25) is 0 Å². The summed E-state index contributed by atoms with van der Waals surface area (Å²) in [5, 5.41) is 4.97. The molecule has 0 saturated heterocycles. The van der Waals surface area contributed by atoms with Crippen LogP contribution in [0, 0.1) is 13.8 Å². The van der Waals surface area contributed by atoms with E-state index in [1.54, 1.807) is 0 Å². The number of aromatic nitrogens is 4. The predicted molar refractivity (Wildman–Crippen MR) is 75.4 cm³/mol. The summed E-state index contributed by atoms with van der Waals surface area (Å²) in [6.45, 7) is 8.07. The van der Waals surface area contributed by atoms with Gasteiger partial charge in [-0.2, -0.15) is 5.10 Å². The molecule has 0 spiro atoms. The lowest BCUT2D eigenvalue weighted by atomic mass is 10.1. The van der Waals surface area contributed by atoms with Crippen molar-refractivity contribution in [3.8, 4) is 5.82 Å². The molecule has 2 aromatic rings. The number of hydrogen-bond acceptors (Lipinski definition) is 3. The summed E-state index contributed by atoms with van der Waals surface area (Å²) in [6, 6.07) is 0. The van der Waals surface area contributed by atoms with E-state index >= 15 is 0 Å². The molecule has 0 fully saturated rings. The molecule has 0 atom stereocenters. The quantitative estimate of drug-likeness (QED) is 0.787. The largest absolute Gasteiger partial charge is 0.224 e. The highest BCUT2D eigenvalue weighted by Gasteiger charge is 2.19. The Morgan fingerprint density at radius 1 is 1.28 bits per heavy atom. The van der Waals surface area contributed by atoms with Gasteiger partial charge < -0.3 is 0 Å². The smallest absolute Gasteiger partial charge is 0.161 e. The molecule has 0 N–H and O–H groups in total. The Labute approximate surface area is 120 Å². The van der Waals surface area contributed by atoms with Gasteiger partial charge in [0, 0.05) is 5.56 Å². The lowest BCUT2D eigenvalue weighted by molar-refractivity contribution is 0.752. The fraction of sp³-hybridized carbons (Fsp3) is 0.417. The van der Waals surface area contributed by atoms with Gasteiger partial charge in [-0.05, 0) is 35.7 Å². The number of rotatable bonds is 2. The SMILES string of the molecule is Cc1nn(-c2ncnc(Cl)c2C(C)C)c(C)c1Br. The second-order valence-corrected chi connectivity index (χ2v) is 5.60. The van der Waals surface area contributed by atoms with Crippen LogP contribution in [0.25, 0.3) is 5.82 Å².